The number of likely N-dealkylation sites (N-methyl/N-ethyl adjacent to an activating group) is 1. The number of alkyl halides is 3. The zero-order valence-corrected chi connectivity index (χ0v) is 11.3. The molecule has 2 atom stereocenters. The number of halogens is 3. The third-order valence-corrected chi connectivity index (χ3v) is 3.71. The molecule has 1 N–H and O–H groups in total. The predicted octanol–water partition coefficient (Wildman–Crippen LogP) is 1.67. The highest BCUT2D eigenvalue weighted by Gasteiger charge is 2.46. The van der Waals surface area contributed by atoms with E-state index in [1.165, 1.54) is 0 Å². The monoisotopic (exact) mass is 282 g/mol. The third kappa shape index (κ3) is 4.35. The summed E-state index contributed by atoms with van der Waals surface area (Å²) in [4.78, 5) is 14.5. The minimum atomic E-state index is -4.68. The van der Waals surface area contributed by atoms with E-state index >= 15 is 0 Å². The first-order valence-electron chi connectivity index (χ1n) is 6.55. The molecule has 1 rings (SSSR count). The van der Waals surface area contributed by atoms with E-state index in [0.717, 1.165) is 19.5 Å². The van der Waals surface area contributed by atoms with Gasteiger partial charge in [-0.2, -0.15) is 13.2 Å². The summed E-state index contributed by atoms with van der Waals surface area (Å²) in [5.41, 5.74) is 0. The highest BCUT2D eigenvalue weighted by atomic mass is 19.4. The van der Waals surface area contributed by atoms with E-state index in [9.17, 15) is 18.0 Å². The lowest BCUT2D eigenvalue weighted by atomic mass is 10.1. The van der Waals surface area contributed by atoms with Gasteiger partial charge in [0.05, 0.1) is 0 Å². The van der Waals surface area contributed by atoms with Crippen molar-refractivity contribution in [3.05, 3.63) is 0 Å². The summed E-state index contributed by atoms with van der Waals surface area (Å²) in [6, 6.07) is 0.234. The van der Waals surface area contributed by atoms with Crippen LogP contribution in [0.15, 0.2) is 0 Å². The summed E-state index contributed by atoms with van der Waals surface area (Å²) < 4.78 is 37.8. The van der Waals surface area contributed by atoms with Crippen molar-refractivity contribution in [2.24, 2.45) is 5.92 Å². The zero-order valence-electron chi connectivity index (χ0n) is 11.3. The van der Waals surface area contributed by atoms with Crippen molar-refractivity contribution < 1.29 is 23.1 Å². The van der Waals surface area contributed by atoms with Gasteiger partial charge in [0.15, 0.2) is 5.92 Å². The Kier molecular flexibility index (Phi) is 5.61. The Balaban J connectivity index is 2.57. The van der Waals surface area contributed by atoms with E-state index < -0.39 is 24.6 Å². The fourth-order valence-electron chi connectivity index (χ4n) is 2.60. The second-order valence-electron chi connectivity index (χ2n) is 4.86. The summed E-state index contributed by atoms with van der Waals surface area (Å²) in [7, 11) is 0. The number of likely N-dealkylation sites (tertiary alicyclic amines) is 1. The smallest absolute Gasteiger partial charge is 0.403 e. The first-order chi connectivity index (χ1) is 8.79. The number of carboxylic acids is 1. The largest absolute Gasteiger partial charge is 0.481 e. The van der Waals surface area contributed by atoms with Crippen LogP contribution in [0.4, 0.5) is 13.2 Å². The van der Waals surface area contributed by atoms with Crippen molar-refractivity contribution in [1.29, 1.82) is 0 Å². The maximum atomic E-state index is 12.6. The molecule has 0 bridgehead atoms. The molecule has 0 amide bonds. The maximum Gasteiger partial charge on any atom is 0.403 e. The number of aliphatic carboxylic acids is 1. The standard InChI is InChI=1S/C12H21F3N2O2/c1-3-17(4-2)9-5-6-16(7-9)8-10(11(18)19)12(13,14)15/h9-10H,3-8H2,1-2H3,(H,18,19). The van der Waals surface area contributed by atoms with E-state index in [-0.39, 0.29) is 6.04 Å². The van der Waals surface area contributed by atoms with Crippen LogP contribution in [0.25, 0.3) is 0 Å². The average molecular weight is 282 g/mol. The van der Waals surface area contributed by atoms with Crippen LogP contribution in [0.5, 0.6) is 0 Å². The lowest BCUT2D eigenvalue weighted by Gasteiger charge is -2.27. The van der Waals surface area contributed by atoms with Crippen molar-refractivity contribution in [1.82, 2.24) is 9.80 Å². The van der Waals surface area contributed by atoms with Gasteiger partial charge in [-0.1, -0.05) is 13.8 Å². The molecular weight excluding hydrogens is 261 g/mol. The Hall–Kier alpha value is -0.820. The van der Waals surface area contributed by atoms with E-state index in [1.54, 1.807) is 4.90 Å². The highest BCUT2D eigenvalue weighted by Crippen LogP contribution is 2.28. The van der Waals surface area contributed by atoms with E-state index in [4.69, 9.17) is 5.11 Å². The minimum absolute atomic E-state index is 0.234. The quantitative estimate of drug-likeness (QED) is 0.805. The number of rotatable bonds is 6. The van der Waals surface area contributed by atoms with Crippen molar-refractivity contribution in [3.8, 4) is 0 Å². The van der Waals surface area contributed by atoms with Crippen molar-refractivity contribution >= 4 is 5.97 Å². The normalized spacial score (nSPS) is 22.9. The number of hydrogen-bond acceptors (Lipinski definition) is 3. The molecule has 0 aliphatic carbocycles. The van der Waals surface area contributed by atoms with Crippen LogP contribution >= 0.6 is 0 Å². The Morgan fingerprint density at radius 2 is 2.00 bits per heavy atom. The Bertz CT molecular complexity index is 306. The van der Waals surface area contributed by atoms with Crippen LogP contribution in [0, 0.1) is 5.92 Å². The Labute approximate surface area is 111 Å². The Morgan fingerprint density at radius 3 is 2.42 bits per heavy atom. The molecular formula is C12H21F3N2O2. The van der Waals surface area contributed by atoms with Gasteiger partial charge < -0.3 is 10.0 Å². The Morgan fingerprint density at radius 1 is 1.42 bits per heavy atom. The molecule has 19 heavy (non-hydrogen) atoms. The van der Waals surface area contributed by atoms with E-state index in [1.807, 2.05) is 13.8 Å². The van der Waals surface area contributed by atoms with Crippen LogP contribution in [-0.2, 0) is 4.79 Å². The summed E-state index contributed by atoms with van der Waals surface area (Å²) in [5.74, 6) is -4.08. The van der Waals surface area contributed by atoms with Gasteiger partial charge in [-0.25, -0.2) is 0 Å². The second kappa shape index (κ2) is 6.56. The van der Waals surface area contributed by atoms with Crippen LogP contribution in [-0.4, -0.2) is 65.8 Å². The molecule has 112 valence electrons. The number of hydrogen-bond donors (Lipinski definition) is 1. The first kappa shape index (κ1) is 16.2. The number of nitrogens with zero attached hydrogens (tertiary/aromatic N) is 2. The van der Waals surface area contributed by atoms with Crippen LogP contribution in [0.2, 0.25) is 0 Å². The molecule has 0 saturated carbocycles. The van der Waals surface area contributed by atoms with Crippen LogP contribution < -0.4 is 0 Å². The molecule has 0 aromatic heterocycles. The summed E-state index contributed by atoms with van der Waals surface area (Å²) >= 11 is 0. The molecule has 1 fully saturated rings. The maximum absolute atomic E-state index is 12.6. The van der Waals surface area contributed by atoms with Crippen LogP contribution in [0.3, 0.4) is 0 Å². The van der Waals surface area contributed by atoms with Crippen molar-refractivity contribution in [3.63, 3.8) is 0 Å². The lowest BCUT2D eigenvalue weighted by molar-refractivity contribution is -0.196. The summed E-state index contributed by atoms with van der Waals surface area (Å²) in [6.07, 6.45) is -3.88. The summed E-state index contributed by atoms with van der Waals surface area (Å²) in [5, 5.41) is 8.68. The topological polar surface area (TPSA) is 43.8 Å². The van der Waals surface area contributed by atoms with E-state index in [2.05, 4.69) is 4.90 Å². The molecule has 1 aliphatic heterocycles. The van der Waals surface area contributed by atoms with Gasteiger partial charge >= 0.3 is 12.1 Å². The van der Waals surface area contributed by atoms with Gasteiger partial charge in [0.1, 0.15) is 0 Å². The molecule has 0 radical (unpaired) electrons. The fourth-order valence-corrected chi connectivity index (χ4v) is 2.60. The first-order valence-corrected chi connectivity index (χ1v) is 6.55. The third-order valence-electron chi connectivity index (χ3n) is 3.71. The van der Waals surface area contributed by atoms with Gasteiger partial charge in [0.25, 0.3) is 0 Å². The molecule has 1 heterocycles. The SMILES string of the molecule is CCN(CC)C1CCN(CC(C(=O)O)C(F)(F)F)C1. The highest BCUT2D eigenvalue weighted by molar-refractivity contribution is 5.71. The molecule has 1 saturated heterocycles. The molecule has 0 spiro atoms. The minimum Gasteiger partial charge on any atom is -0.481 e. The van der Waals surface area contributed by atoms with Gasteiger partial charge in [-0.15, -0.1) is 0 Å². The second-order valence-corrected chi connectivity index (χ2v) is 4.86. The predicted molar refractivity (Wildman–Crippen MR) is 64.9 cm³/mol. The molecule has 0 aromatic rings. The molecule has 4 nitrogen and oxygen atoms in total. The van der Waals surface area contributed by atoms with Crippen molar-refractivity contribution in [2.45, 2.75) is 32.5 Å². The van der Waals surface area contributed by atoms with Gasteiger partial charge in [-0.05, 0) is 26.1 Å². The molecule has 2 unspecified atom stereocenters. The van der Waals surface area contributed by atoms with Gasteiger partial charge in [0, 0.05) is 19.1 Å². The van der Waals surface area contributed by atoms with Gasteiger partial charge in [0.2, 0.25) is 0 Å². The zero-order chi connectivity index (χ0) is 14.6. The van der Waals surface area contributed by atoms with E-state index in [0.29, 0.717) is 13.1 Å². The molecule has 1 aliphatic rings. The number of carbonyl (C=O) groups is 1. The van der Waals surface area contributed by atoms with Crippen molar-refractivity contribution in [2.75, 3.05) is 32.7 Å². The van der Waals surface area contributed by atoms with Crippen LogP contribution in [0.1, 0.15) is 20.3 Å². The molecule has 7 heteroatoms. The van der Waals surface area contributed by atoms with Gasteiger partial charge in [-0.3, -0.25) is 9.69 Å². The number of carboxylic acid groups (broad SMARTS) is 1. The fraction of sp³-hybridized carbons (Fsp3) is 0.917. The average Bonchev–Trinajstić information content (AvgIpc) is 2.74. The molecule has 0 aromatic carbocycles. The summed E-state index contributed by atoms with van der Waals surface area (Å²) in [6.45, 7) is 6.34. The lowest BCUT2D eigenvalue weighted by Crippen LogP contribution is -2.42.